The third-order valence-corrected chi connectivity index (χ3v) is 3.82. The molecule has 0 spiro atoms. The molecule has 0 amide bonds. The van der Waals surface area contributed by atoms with Gasteiger partial charge in [-0.2, -0.15) is 0 Å². The van der Waals surface area contributed by atoms with Gasteiger partial charge in [0.15, 0.2) is 0 Å². The van der Waals surface area contributed by atoms with E-state index >= 15 is 0 Å². The average molecular weight is 271 g/mol. The van der Waals surface area contributed by atoms with Gasteiger partial charge in [0, 0.05) is 0 Å². The second-order valence-corrected chi connectivity index (χ2v) is 5.34. The van der Waals surface area contributed by atoms with Crippen molar-refractivity contribution in [1.29, 1.82) is 0 Å². The molecule has 2 rings (SSSR count). The zero-order valence-electron chi connectivity index (χ0n) is 12.6. The quantitative estimate of drug-likeness (QED) is 0.866. The van der Waals surface area contributed by atoms with E-state index in [-0.39, 0.29) is 11.9 Å². The van der Waals surface area contributed by atoms with Gasteiger partial charge in [-0.3, -0.25) is 0 Å². The predicted molar refractivity (Wildman–Crippen MR) is 82.6 cm³/mol. The fraction of sp³-hybridized carbons (Fsp3) is 0.333. The molecule has 0 saturated heterocycles. The minimum absolute atomic E-state index is 0.111. The second kappa shape index (κ2) is 6.19. The molecule has 0 aliphatic carbocycles. The molecule has 1 atom stereocenters. The van der Waals surface area contributed by atoms with Crippen molar-refractivity contribution in [1.82, 2.24) is 5.32 Å². The first kappa shape index (κ1) is 14.7. The van der Waals surface area contributed by atoms with Crippen LogP contribution in [-0.2, 0) is 0 Å². The number of nitrogens with one attached hydrogen (secondary N) is 1. The molecule has 0 aromatic heterocycles. The maximum absolute atomic E-state index is 13.3. The van der Waals surface area contributed by atoms with Crippen molar-refractivity contribution < 1.29 is 4.39 Å². The van der Waals surface area contributed by atoms with E-state index < -0.39 is 0 Å². The number of halogens is 1. The van der Waals surface area contributed by atoms with Crippen LogP contribution < -0.4 is 5.32 Å². The van der Waals surface area contributed by atoms with E-state index in [4.69, 9.17) is 0 Å². The Labute approximate surface area is 120 Å². The van der Waals surface area contributed by atoms with E-state index in [1.807, 2.05) is 13.0 Å². The van der Waals surface area contributed by atoms with Crippen molar-refractivity contribution >= 4 is 0 Å². The summed E-state index contributed by atoms with van der Waals surface area (Å²) in [5, 5.41) is 3.50. The van der Waals surface area contributed by atoms with Gasteiger partial charge < -0.3 is 5.32 Å². The molecule has 0 aliphatic heterocycles. The number of aryl methyl sites for hydroxylation is 3. The molecule has 0 saturated carbocycles. The predicted octanol–water partition coefficient (Wildman–Crippen LogP) is 4.45. The van der Waals surface area contributed by atoms with Gasteiger partial charge in [0.05, 0.1) is 6.04 Å². The third-order valence-electron chi connectivity index (χ3n) is 3.82. The zero-order chi connectivity index (χ0) is 14.7. The molecule has 1 N–H and O–H groups in total. The fourth-order valence-electron chi connectivity index (χ4n) is 2.52. The van der Waals surface area contributed by atoms with Crippen LogP contribution in [0.25, 0.3) is 0 Å². The van der Waals surface area contributed by atoms with E-state index in [1.165, 1.54) is 22.8 Å². The van der Waals surface area contributed by atoms with E-state index in [0.717, 1.165) is 17.7 Å². The molecule has 2 aromatic rings. The summed E-state index contributed by atoms with van der Waals surface area (Å²) in [6.07, 6.45) is 0. The highest BCUT2D eigenvalue weighted by Gasteiger charge is 2.16. The summed E-state index contributed by atoms with van der Waals surface area (Å²) in [4.78, 5) is 0. The number of hydrogen-bond acceptors (Lipinski definition) is 1. The molecular formula is C18H22FN. The lowest BCUT2D eigenvalue weighted by molar-refractivity contribution is 0.609. The van der Waals surface area contributed by atoms with E-state index in [0.29, 0.717) is 0 Å². The van der Waals surface area contributed by atoms with Crippen molar-refractivity contribution in [2.24, 2.45) is 0 Å². The summed E-state index contributed by atoms with van der Waals surface area (Å²) in [5.74, 6) is -0.179. The summed E-state index contributed by atoms with van der Waals surface area (Å²) in [6.45, 7) is 9.16. The van der Waals surface area contributed by atoms with Crippen LogP contribution in [0.3, 0.4) is 0 Å². The van der Waals surface area contributed by atoms with Crippen LogP contribution in [-0.4, -0.2) is 6.54 Å². The molecule has 1 nitrogen and oxygen atoms in total. The van der Waals surface area contributed by atoms with E-state index in [1.54, 1.807) is 6.07 Å². The standard InChI is InChI=1S/C18H22FN/c1-5-20-18(15-7-6-12(2)13(3)10-15)17-9-8-16(19)11-14(17)4/h6-11,18,20H,5H2,1-4H3. The normalized spacial score (nSPS) is 12.4. The topological polar surface area (TPSA) is 12.0 Å². The fourth-order valence-corrected chi connectivity index (χ4v) is 2.52. The summed E-state index contributed by atoms with van der Waals surface area (Å²) in [6, 6.07) is 11.6. The molecule has 106 valence electrons. The van der Waals surface area contributed by atoms with Crippen LogP contribution in [0, 0.1) is 26.6 Å². The van der Waals surface area contributed by atoms with Gasteiger partial charge in [0.2, 0.25) is 0 Å². The highest BCUT2D eigenvalue weighted by atomic mass is 19.1. The van der Waals surface area contributed by atoms with Gasteiger partial charge in [-0.05, 0) is 67.3 Å². The molecule has 0 heterocycles. The van der Waals surface area contributed by atoms with Crippen LogP contribution in [0.15, 0.2) is 36.4 Å². The molecule has 2 heteroatoms. The minimum Gasteiger partial charge on any atom is -0.307 e. The second-order valence-electron chi connectivity index (χ2n) is 5.34. The Balaban J connectivity index is 2.47. The van der Waals surface area contributed by atoms with Gasteiger partial charge in [-0.1, -0.05) is 31.2 Å². The van der Waals surface area contributed by atoms with Gasteiger partial charge >= 0.3 is 0 Å². The lowest BCUT2D eigenvalue weighted by atomic mass is 9.93. The lowest BCUT2D eigenvalue weighted by Gasteiger charge is -2.22. The van der Waals surface area contributed by atoms with Crippen LogP contribution in [0.2, 0.25) is 0 Å². The van der Waals surface area contributed by atoms with Crippen LogP contribution in [0.5, 0.6) is 0 Å². The third kappa shape index (κ3) is 3.07. The molecule has 0 fully saturated rings. The first-order valence-electron chi connectivity index (χ1n) is 7.09. The number of benzene rings is 2. The van der Waals surface area contributed by atoms with Crippen molar-refractivity contribution in [2.75, 3.05) is 6.54 Å². The molecule has 0 bridgehead atoms. The summed E-state index contributed by atoms with van der Waals surface area (Å²) in [5.41, 5.74) is 5.92. The van der Waals surface area contributed by atoms with Crippen molar-refractivity contribution in [3.63, 3.8) is 0 Å². The highest BCUT2D eigenvalue weighted by Crippen LogP contribution is 2.26. The molecule has 0 radical (unpaired) electrons. The van der Waals surface area contributed by atoms with Crippen LogP contribution in [0.4, 0.5) is 4.39 Å². The number of rotatable bonds is 4. The van der Waals surface area contributed by atoms with Crippen molar-refractivity contribution in [3.05, 3.63) is 70.0 Å². The lowest BCUT2D eigenvalue weighted by Crippen LogP contribution is -2.23. The zero-order valence-corrected chi connectivity index (χ0v) is 12.6. The van der Waals surface area contributed by atoms with Gasteiger partial charge in [-0.15, -0.1) is 0 Å². The van der Waals surface area contributed by atoms with E-state index in [2.05, 4.69) is 44.3 Å². The first-order chi connectivity index (χ1) is 9.52. The number of hydrogen-bond donors (Lipinski definition) is 1. The summed E-state index contributed by atoms with van der Waals surface area (Å²) < 4.78 is 13.3. The van der Waals surface area contributed by atoms with Crippen molar-refractivity contribution in [2.45, 2.75) is 33.7 Å². The Morgan fingerprint density at radius 3 is 2.30 bits per heavy atom. The highest BCUT2D eigenvalue weighted by molar-refractivity contribution is 5.40. The molecule has 2 aromatic carbocycles. The van der Waals surface area contributed by atoms with Gasteiger partial charge in [0.25, 0.3) is 0 Å². The van der Waals surface area contributed by atoms with Crippen LogP contribution >= 0.6 is 0 Å². The molecule has 0 aliphatic rings. The Morgan fingerprint density at radius 1 is 0.950 bits per heavy atom. The van der Waals surface area contributed by atoms with Crippen LogP contribution in [0.1, 0.15) is 40.8 Å². The Morgan fingerprint density at radius 2 is 1.70 bits per heavy atom. The smallest absolute Gasteiger partial charge is 0.123 e. The molecule has 20 heavy (non-hydrogen) atoms. The minimum atomic E-state index is -0.179. The Hall–Kier alpha value is -1.67. The average Bonchev–Trinajstić information content (AvgIpc) is 2.40. The summed E-state index contributed by atoms with van der Waals surface area (Å²) >= 11 is 0. The first-order valence-corrected chi connectivity index (χ1v) is 7.09. The monoisotopic (exact) mass is 271 g/mol. The van der Waals surface area contributed by atoms with Gasteiger partial charge in [-0.25, -0.2) is 4.39 Å². The largest absolute Gasteiger partial charge is 0.307 e. The van der Waals surface area contributed by atoms with Crippen molar-refractivity contribution in [3.8, 4) is 0 Å². The Kier molecular flexibility index (Phi) is 4.56. The maximum Gasteiger partial charge on any atom is 0.123 e. The molecule has 1 unspecified atom stereocenters. The SMILES string of the molecule is CCNC(c1ccc(C)c(C)c1)c1ccc(F)cc1C. The van der Waals surface area contributed by atoms with Gasteiger partial charge in [0.1, 0.15) is 5.82 Å². The van der Waals surface area contributed by atoms with E-state index in [9.17, 15) is 4.39 Å². The molecular weight excluding hydrogens is 249 g/mol. The maximum atomic E-state index is 13.3. The summed E-state index contributed by atoms with van der Waals surface area (Å²) in [7, 11) is 0. The Bertz CT molecular complexity index is 604.